The highest BCUT2D eigenvalue weighted by atomic mass is 16.5. The number of carbonyl (C=O) groups is 1. The lowest BCUT2D eigenvalue weighted by molar-refractivity contribution is 0.0655. The van der Waals surface area contributed by atoms with Crippen LogP contribution >= 0.6 is 0 Å². The molecule has 14 heavy (non-hydrogen) atoms. The summed E-state index contributed by atoms with van der Waals surface area (Å²) in [5, 5.41) is 12.6. The number of fused-ring (bicyclic) bond motifs is 1. The average Bonchev–Trinajstić information content (AvgIpc) is 2.59. The van der Waals surface area contributed by atoms with Crippen LogP contribution in [0.3, 0.4) is 0 Å². The summed E-state index contributed by atoms with van der Waals surface area (Å²) in [6, 6.07) is 3.09. The topological polar surface area (TPSA) is 85.5 Å². The number of carboxylic acid groups (broad SMARTS) is 1. The van der Waals surface area contributed by atoms with E-state index >= 15 is 0 Å². The van der Waals surface area contributed by atoms with Crippen LogP contribution in [0, 0.1) is 0 Å². The lowest BCUT2D eigenvalue weighted by atomic mass is 10.3. The van der Waals surface area contributed by atoms with E-state index in [2.05, 4.69) is 14.7 Å². The van der Waals surface area contributed by atoms with E-state index in [1.165, 1.54) is 7.11 Å². The zero-order chi connectivity index (χ0) is 10.1. The highest BCUT2D eigenvalue weighted by Crippen LogP contribution is 2.19. The number of rotatable bonds is 2. The lowest BCUT2D eigenvalue weighted by Gasteiger charge is -1.95. The molecule has 0 amide bonds. The number of methoxy groups -OCH3 is 1. The molecule has 0 aromatic carbocycles. The second kappa shape index (κ2) is 2.99. The van der Waals surface area contributed by atoms with Gasteiger partial charge in [0.15, 0.2) is 0 Å². The zero-order valence-electron chi connectivity index (χ0n) is 7.22. The molecule has 0 saturated heterocycles. The van der Waals surface area contributed by atoms with Gasteiger partial charge in [-0.15, -0.1) is 0 Å². The van der Waals surface area contributed by atoms with Crippen LogP contribution < -0.4 is 4.74 Å². The number of pyridine rings is 1. The molecule has 1 N–H and O–H groups in total. The molecule has 0 spiro atoms. The predicted octanol–water partition coefficient (Wildman–Crippen LogP) is 0.930. The summed E-state index contributed by atoms with van der Waals surface area (Å²) in [7, 11) is 1.46. The Bertz CT molecular complexity index is 491. The fraction of sp³-hybridized carbons (Fsp3) is 0.125. The van der Waals surface area contributed by atoms with Gasteiger partial charge < -0.3 is 14.4 Å². The average molecular weight is 194 g/mol. The Morgan fingerprint density at radius 1 is 1.57 bits per heavy atom. The van der Waals surface area contributed by atoms with Crippen LogP contribution in [0.1, 0.15) is 10.6 Å². The number of aromatic carboxylic acids is 1. The van der Waals surface area contributed by atoms with Crippen molar-refractivity contribution in [3.05, 3.63) is 17.9 Å². The number of hydrogen-bond acceptors (Lipinski definition) is 5. The second-order valence-electron chi connectivity index (χ2n) is 2.54. The summed E-state index contributed by atoms with van der Waals surface area (Å²) in [5.74, 6) is -1.02. The van der Waals surface area contributed by atoms with Crippen LogP contribution in [0.15, 0.2) is 16.7 Å². The first-order valence-electron chi connectivity index (χ1n) is 3.76. The second-order valence-corrected chi connectivity index (χ2v) is 2.54. The maximum atomic E-state index is 10.6. The van der Waals surface area contributed by atoms with Crippen LogP contribution in [0.5, 0.6) is 5.88 Å². The molecule has 0 atom stereocenters. The van der Waals surface area contributed by atoms with E-state index in [1.807, 2.05) is 0 Å². The summed E-state index contributed by atoms with van der Waals surface area (Å²) in [6.07, 6.45) is 0. The predicted molar refractivity (Wildman–Crippen MR) is 45.3 cm³/mol. The first-order valence-corrected chi connectivity index (χ1v) is 3.76. The van der Waals surface area contributed by atoms with Crippen molar-refractivity contribution in [3.63, 3.8) is 0 Å². The standard InChI is InChI=1S/C8H6N2O4/c1-13-5-3-2-4-6(8(11)12)14-10-7(4)9-5/h2-3H,1H3,(H,11,12). The molecule has 6 nitrogen and oxygen atoms in total. The Hall–Kier alpha value is -2.11. The summed E-state index contributed by atoms with van der Waals surface area (Å²) in [6.45, 7) is 0. The van der Waals surface area contributed by atoms with E-state index < -0.39 is 5.97 Å². The van der Waals surface area contributed by atoms with Gasteiger partial charge in [-0.2, -0.15) is 4.98 Å². The molecule has 0 aliphatic rings. The highest BCUT2D eigenvalue weighted by molar-refractivity contribution is 5.98. The smallest absolute Gasteiger partial charge is 0.375 e. The van der Waals surface area contributed by atoms with Gasteiger partial charge in [-0.25, -0.2) is 4.79 Å². The molecule has 2 aromatic heterocycles. The SMILES string of the molecule is COc1ccc2c(C(=O)O)onc2n1. The minimum atomic E-state index is -1.17. The van der Waals surface area contributed by atoms with Crippen LogP contribution in [0.25, 0.3) is 11.0 Å². The summed E-state index contributed by atoms with van der Waals surface area (Å²) in [4.78, 5) is 14.5. The quantitative estimate of drug-likeness (QED) is 0.765. The lowest BCUT2D eigenvalue weighted by Crippen LogP contribution is -1.94. The van der Waals surface area contributed by atoms with E-state index in [-0.39, 0.29) is 11.4 Å². The summed E-state index contributed by atoms with van der Waals surface area (Å²) >= 11 is 0. The van der Waals surface area contributed by atoms with Crippen LogP contribution in [-0.4, -0.2) is 28.3 Å². The first kappa shape index (κ1) is 8.49. The number of nitrogens with zero attached hydrogens (tertiary/aromatic N) is 2. The fourth-order valence-electron chi connectivity index (χ4n) is 1.08. The van der Waals surface area contributed by atoms with Crippen LogP contribution in [0.4, 0.5) is 0 Å². The number of hydrogen-bond donors (Lipinski definition) is 1. The normalized spacial score (nSPS) is 10.4. The highest BCUT2D eigenvalue weighted by Gasteiger charge is 2.16. The van der Waals surface area contributed by atoms with E-state index in [1.54, 1.807) is 12.1 Å². The molecule has 0 unspecified atom stereocenters. The van der Waals surface area contributed by atoms with Gasteiger partial charge in [0, 0.05) is 6.07 Å². The van der Waals surface area contributed by atoms with E-state index in [9.17, 15) is 4.79 Å². The van der Waals surface area contributed by atoms with Gasteiger partial charge in [0.05, 0.1) is 12.5 Å². The summed E-state index contributed by atoms with van der Waals surface area (Å²) in [5.41, 5.74) is 0.224. The Labute approximate surface area is 78.1 Å². The monoisotopic (exact) mass is 194 g/mol. The largest absolute Gasteiger partial charge is 0.481 e. The van der Waals surface area contributed by atoms with Gasteiger partial charge in [-0.3, -0.25) is 0 Å². The molecule has 0 radical (unpaired) electrons. The van der Waals surface area contributed by atoms with Crippen molar-refractivity contribution in [2.75, 3.05) is 7.11 Å². The first-order chi connectivity index (χ1) is 6.72. The van der Waals surface area contributed by atoms with Gasteiger partial charge in [-0.1, -0.05) is 5.16 Å². The Balaban J connectivity index is 2.65. The molecule has 0 aliphatic carbocycles. The molecular weight excluding hydrogens is 188 g/mol. The molecule has 0 bridgehead atoms. The minimum absolute atomic E-state index is 0.213. The third-order valence-corrected chi connectivity index (χ3v) is 1.72. The van der Waals surface area contributed by atoms with Crippen molar-refractivity contribution in [2.45, 2.75) is 0 Å². The van der Waals surface area contributed by atoms with E-state index in [4.69, 9.17) is 9.84 Å². The molecule has 2 heterocycles. The molecular formula is C8H6N2O4. The zero-order valence-corrected chi connectivity index (χ0v) is 7.22. The molecule has 0 saturated carbocycles. The van der Waals surface area contributed by atoms with Gasteiger partial charge in [0.25, 0.3) is 5.76 Å². The van der Waals surface area contributed by atoms with Crippen LogP contribution in [0.2, 0.25) is 0 Å². The molecule has 6 heteroatoms. The fourth-order valence-corrected chi connectivity index (χ4v) is 1.08. The van der Waals surface area contributed by atoms with Crippen LogP contribution in [-0.2, 0) is 0 Å². The van der Waals surface area contributed by atoms with Crippen molar-refractivity contribution < 1.29 is 19.2 Å². The van der Waals surface area contributed by atoms with Gasteiger partial charge in [0.1, 0.15) is 0 Å². The molecule has 2 aromatic rings. The summed E-state index contributed by atoms with van der Waals surface area (Å²) < 4.78 is 9.46. The van der Waals surface area contributed by atoms with E-state index in [0.717, 1.165) is 0 Å². The van der Waals surface area contributed by atoms with Crippen molar-refractivity contribution >= 4 is 17.0 Å². The number of ether oxygens (including phenoxy) is 1. The third-order valence-electron chi connectivity index (χ3n) is 1.72. The van der Waals surface area contributed by atoms with Crippen molar-refractivity contribution in [2.24, 2.45) is 0 Å². The Morgan fingerprint density at radius 2 is 2.36 bits per heavy atom. The van der Waals surface area contributed by atoms with Gasteiger partial charge in [0.2, 0.25) is 11.5 Å². The molecule has 0 fully saturated rings. The Kier molecular flexibility index (Phi) is 1.81. The van der Waals surface area contributed by atoms with E-state index in [0.29, 0.717) is 11.3 Å². The Morgan fingerprint density at radius 3 is 3.00 bits per heavy atom. The maximum absolute atomic E-state index is 10.6. The van der Waals surface area contributed by atoms with Crippen molar-refractivity contribution in [1.82, 2.24) is 10.1 Å². The third kappa shape index (κ3) is 1.17. The van der Waals surface area contributed by atoms with Gasteiger partial charge in [-0.05, 0) is 6.07 Å². The van der Waals surface area contributed by atoms with Crippen molar-refractivity contribution in [1.29, 1.82) is 0 Å². The maximum Gasteiger partial charge on any atom is 0.375 e. The molecule has 0 aliphatic heterocycles. The number of aromatic nitrogens is 2. The van der Waals surface area contributed by atoms with Crippen molar-refractivity contribution in [3.8, 4) is 5.88 Å². The molecule has 2 rings (SSSR count). The minimum Gasteiger partial charge on any atom is -0.481 e. The molecule has 72 valence electrons. The van der Waals surface area contributed by atoms with Gasteiger partial charge >= 0.3 is 5.97 Å². The number of carboxylic acids is 1.